The summed E-state index contributed by atoms with van der Waals surface area (Å²) in [5.74, 6) is -3.56. The number of phenols is 3. The number of sulfonamides is 1. The number of nitrogen functional groups attached to an aromatic ring is 1. The van der Waals surface area contributed by atoms with Gasteiger partial charge in [0.25, 0.3) is 40.4 Å². The van der Waals surface area contributed by atoms with Gasteiger partial charge in [0.15, 0.2) is 11.5 Å². The molecule has 400 valence electrons. The summed E-state index contributed by atoms with van der Waals surface area (Å²) in [6.45, 7) is 0. The van der Waals surface area contributed by atoms with Crippen molar-refractivity contribution in [3.05, 3.63) is 151 Å². The van der Waals surface area contributed by atoms with Crippen molar-refractivity contribution in [1.82, 2.24) is 0 Å². The van der Waals surface area contributed by atoms with Gasteiger partial charge in [0.2, 0.25) is 0 Å². The normalized spacial score (nSPS) is 12.7. The monoisotopic (exact) mass is 1150 g/mol. The first-order valence-corrected chi connectivity index (χ1v) is 27.9. The van der Waals surface area contributed by atoms with Gasteiger partial charge < -0.3 is 26.2 Å². The number of anilines is 2. The molecule has 0 spiro atoms. The van der Waals surface area contributed by atoms with E-state index in [1.165, 1.54) is 72.8 Å². The van der Waals surface area contributed by atoms with Crippen molar-refractivity contribution in [3.63, 3.8) is 0 Å². The first-order valence-electron chi connectivity index (χ1n) is 22.1. The Bertz CT molecular complexity index is 4640. The van der Waals surface area contributed by atoms with Gasteiger partial charge in [0, 0.05) is 16.5 Å². The minimum atomic E-state index is -5.37. The van der Waals surface area contributed by atoms with Crippen LogP contribution in [-0.4, -0.2) is 73.7 Å². The van der Waals surface area contributed by atoms with Crippen LogP contribution in [0.3, 0.4) is 0 Å². The topological polar surface area (TPSA) is 432 Å². The quantitative estimate of drug-likeness (QED) is 0.0261. The van der Waals surface area contributed by atoms with Crippen LogP contribution in [0.25, 0.3) is 32.3 Å². The summed E-state index contributed by atoms with van der Waals surface area (Å²) in [6, 6.07) is 31.7. The second-order valence-corrected chi connectivity index (χ2v) is 22.5. The van der Waals surface area contributed by atoms with Crippen LogP contribution in [0, 0.1) is 0 Å². The number of aromatic carboxylic acids is 1. The van der Waals surface area contributed by atoms with Crippen LogP contribution >= 0.6 is 0 Å². The van der Waals surface area contributed by atoms with E-state index in [-0.39, 0.29) is 55.4 Å². The van der Waals surface area contributed by atoms with Gasteiger partial charge in [-0.3, -0.25) is 18.4 Å². The van der Waals surface area contributed by atoms with Crippen molar-refractivity contribution in [2.75, 3.05) is 10.5 Å². The summed E-state index contributed by atoms with van der Waals surface area (Å²) < 4.78 is 135. The van der Waals surface area contributed by atoms with Gasteiger partial charge in [-0.25, -0.2) is 13.2 Å². The largest absolute Gasteiger partial charge is 0.506 e. The second kappa shape index (κ2) is 20.7. The number of benzene rings is 9. The van der Waals surface area contributed by atoms with E-state index in [0.29, 0.717) is 23.2 Å². The van der Waals surface area contributed by atoms with Gasteiger partial charge in [0.1, 0.15) is 48.9 Å². The van der Waals surface area contributed by atoms with Gasteiger partial charge in [-0.1, -0.05) is 48.5 Å². The molecule has 0 bridgehead atoms. The predicted molar refractivity (Wildman–Crippen MR) is 284 cm³/mol. The molecular weight excluding hydrogens is 1110 g/mol. The van der Waals surface area contributed by atoms with Gasteiger partial charge >= 0.3 is 5.97 Å². The number of rotatable bonds is 15. The molecule has 79 heavy (non-hydrogen) atoms. The molecule has 0 aromatic heterocycles. The zero-order valence-electron chi connectivity index (χ0n) is 39.4. The van der Waals surface area contributed by atoms with Crippen molar-refractivity contribution in [2.45, 2.75) is 19.6 Å². The number of azo groups is 4. The van der Waals surface area contributed by atoms with Gasteiger partial charge in [-0.2, -0.15) is 40.6 Å². The summed E-state index contributed by atoms with van der Waals surface area (Å²) in [4.78, 5) is 8.30. The Morgan fingerprint density at radius 2 is 0.949 bits per heavy atom. The Morgan fingerprint density at radius 3 is 1.58 bits per heavy atom. The first kappa shape index (κ1) is 54.1. The molecule has 26 nitrogen and oxygen atoms in total. The number of nitrogens with two attached hydrogens (primary N) is 1. The van der Waals surface area contributed by atoms with E-state index in [1.807, 2.05) is 12.1 Å². The molecule has 10 N–H and O–H groups in total. The molecule has 9 rings (SSSR count). The van der Waals surface area contributed by atoms with E-state index in [9.17, 15) is 72.6 Å². The van der Waals surface area contributed by atoms with Crippen LogP contribution in [0.4, 0.5) is 56.9 Å². The molecule has 0 radical (unpaired) electrons. The molecule has 0 atom stereocenters. The maximum absolute atomic E-state index is 13.4. The number of carbonyl (C=O) groups is 1. The molecular formula is C49H34N10O16S4. The molecule has 0 saturated heterocycles. The van der Waals surface area contributed by atoms with E-state index < -0.39 is 106 Å². The maximum Gasteiger partial charge on any atom is 0.337 e. The second-order valence-electron chi connectivity index (χ2n) is 16.6. The molecule has 0 fully saturated rings. The Hall–Kier alpha value is -9.69. The molecule has 9 aromatic carbocycles. The molecule has 0 unspecified atom stereocenters. The predicted octanol–water partition coefficient (Wildman–Crippen LogP) is 11.7. The number of phenolic OH excluding ortho intramolecular Hbond substituents is 3. The van der Waals surface area contributed by atoms with E-state index in [2.05, 4.69) is 45.6 Å². The molecule has 0 saturated carbocycles. The summed E-state index contributed by atoms with van der Waals surface area (Å²) in [7, 11) is -20.0. The lowest BCUT2D eigenvalue weighted by Crippen LogP contribution is -2.12. The van der Waals surface area contributed by atoms with Crippen LogP contribution < -0.4 is 10.5 Å². The van der Waals surface area contributed by atoms with Crippen LogP contribution in [0.2, 0.25) is 0 Å². The molecule has 0 aliphatic carbocycles. The van der Waals surface area contributed by atoms with Crippen molar-refractivity contribution in [3.8, 4) is 17.2 Å². The summed E-state index contributed by atoms with van der Waals surface area (Å²) in [5.41, 5.74) is 2.74. The van der Waals surface area contributed by atoms with Crippen LogP contribution in [-0.2, 0) is 40.4 Å². The van der Waals surface area contributed by atoms with Crippen molar-refractivity contribution < 1.29 is 72.6 Å². The fraction of sp³-hybridized carbons (Fsp3) is 0. The van der Waals surface area contributed by atoms with E-state index >= 15 is 0 Å². The summed E-state index contributed by atoms with van der Waals surface area (Å²) in [5, 5.41) is 74.3. The van der Waals surface area contributed by atoms with Crippen LogP contribution in [0.15, 0.2) is 206 Å². The van der Waals surface area contributed by atoms with Crippen molar-refractivity contribution in [1.29, 1.82) is 0 Å². The Labute approximate surface area is 445 Å². The Kier molecular flexibility index (Phi) is 14.2. The Morgan fingerprint density at radius 1 is 0.456 bits per heavy atom. The lowest BCUT2D eigenvalue weighted by Gasteiger charge is -2.14. The highest BCUT2D eigenvalue weighted by atomic mass is 32.2. The zero-order chi connectivity index (χ0) is 56.8. The number of fused-ring (bicyclic) bond motifs is 3. The lowest BCUT2D eigenvalue weighted by molar-refractivity contribution is 0.0697. The first-order chi connectivity index (χ1) is 37.3. The fourth-order valence-electron chi connectivity index (χ4n) is 7.81. The zero-order valence-corrected chi connectivity index (χ0v) is 42.7. The average Bonchev–Trinajstić information content (AvgIpc) is 3.39. The third kappa shape index (κ3) is 11.3. The number of nitrogens with zero attached hydrogens (tertiary/aromatic N) is 8. The molecule has 0 heterocycles. The molecule has 0 amide bonds. The average molecular weight is 1150 g/mol. The molecule has 9 aromatic rings. The highest BCUT2D eigenvalue weighted by Crippen LogP contribution is 2.49. The van der Waals surface area contributed by atoms with Gasteiger partial charge in [-0.15, -0.1) is 25.6 Å². The number of hydrogen-bond donors (Lipinski definition) is 9. The molecule has 0 aliphatic heterocycles. The number of nitrogens with one attached hydrogen (secondary N) is 1. The van der Waals surface area contributed by atoms with Crippen molar-refractivity contribution in [2.24, 2.45) is 40.9 Å². The summed E-state index contributed by atoms with van der Waals surface area (Å²) in [6.07, 6.45) is 0. The van der Waals surface area contributed by atoms with Crippen molar-refractivity contribution >= 4 is 136 Å². The molecule has 0 aliphatic rings. The van der Waals surface area contributed by atoms with Gasteiger partial charge in [0.05, 0.1) is 38.6 Å². The third-order valence-electron chi connectivity index (χ3n) is 11.5. The SMILES string of the molecule is Nc1c(N=Nc2ccc(S(=O)(=O)Nc3ccc(N=Nc4c(O)ccc5ccccc45)cc3)cc2)c(S(=O)(=O)O)cc2cc(S(=O)(=O)O)c(N=Nc3ccc4cc(S(=O)(=O)O)c(N=Nc5ccccc5C(=O)O)c(O)c4c3)c(O)c12. The highest BCUT2D eigenvalue weighted by Gasteiger charge is 2.29. The third-order valence-corrected chi connectivity index (χ3v) is 15.5. The highest BCUT2D eigenvalue weighted by molar-refractivity contribution is 7.92. The lowest BCUT2D eigenvalue weighted by atomic mass is 10.1. The number of carboxylic acid groups (broad SMARTS) is 1. The van der Waals surface area contributed by atoms with Gasteiger partial charge in [-0.05, 0) is 113 Å². The van der Waals surface area contributed by atoms with E-state index in [0.717, 1.165) is 35.7 Å². The van der Waals surface area contributed by atoms with Crippen LogP contribution in [0.1, 0.15) is 10.4 Å². The number of carboxylic acids is 1. The standard InChI is InChI=1S/C49H34N10O16S4/c50-42-41-27(23-40(79(73,74)75)46(48(41)62)57-53-31-11-9-26-21-39(78(70,71)72)45(47(61)35(26)24-31)58-54-36-8-4-3-7-34(36)49(63)64)22-38(77(67,68)69)44(42)56-52-29-16-18-32(19-17-29)76(65,66)59-30-14-12-28(13-15-30)51-55-43-33-6-2-1-5-25(33)10-20-37(43)60/h1-24,59-62H,50H2,(H,63,64)(H,67,68,69)(H,70,71,72)(H,73,74,75). The number of aromatic hydroxyl groups is 3. The number of hydrogen-bond acceptors (Lipinski definition) is 21. The van der Waals surface area contributed by atoms with Crippen LogP contribution in [0.5, 0.6) is 17.2 Å². The van der Waals surface area contributed by atoms with E-state index in [1.54, 1.807) is 18.2 Å². The minimum Gasteiger partial charge on any atom is -0.506 e. The Balaban J connectivity index is 1.01. The fourth-order valence-corrected chi connectivity index (χ4v) is 10.9. The maximum atomic E-state index is 13.4. The molecule has 30 heteroatoms. The van der Waals surface area contributed by atoms with E-state index in [4.69, 9.17) is 5.73 Å². The smallest absolute Gasteiger partial charge is 0.337 e. The summed E-state index contributed by atoms with van der Waals surface area (Å²) >= 11 is 0. The minimum absolute atomic E-state index is 0.0522.